The van der Waals surface area contributed by atoms with E-state index in [-0.39, 0.29) is 6.10 Å². The summed E-state index contributed by atoms with van der Waals surface area (Å²) in [5.41, 5.74) is 3.65. The molecule has 1 aliphatic heterocycles. The van der Waals surface area contributed by atoms with Gasteiger partial charge in [0.2, 0.25) is 0 Å². The van der Waals surface area contributed by atoms with Crippen molar-refractivity contribution in [2.75, 3.05) is 20.3 Å². The van der Waals surface area contributed by atoms with Gasteiger partial charge in [-0.15, -0.1) is 0 Å². The lowest BCUT2D eigenvalue weighted by Gasteiger charge is -2.35. The third-order valence-corrected chi connectivity index (χ3v) is 3.98. The van der Waals surface area contributed by atoms with Crippen LogP contribution in [0.5, 0.6) is 0 Å². The molecule has 0 saturated heterocycles. The molecule has 0 fully saturated rings. The molecule has 0 aromatic carbocycles. The molecule has 0 radical (unpaired) electrons. The van der Waals surface area contributed by atoms with Crippen molar-refractivity contribution in [2.45, 2.75) is 60.5 Å². The molecule has 4 heteroatoms. The minimum atomic E-state index is -0.0380. The fourth-order valence-electron chi connectivity index (χ4n) is 2.65. The highest BCUT2D eigenvalue weighted by Crippen LogP contribution is 2.32. The van der Waals surface area contributed by atoms with E-state index < -0.39 is 0 Å². The second kappa shape index (κ2) is 13.5. The molecule has 1 rings (SSSR count). The first-order valence-electron chi connectivity index (χ1n) is 9.48. The summed E-state index contributed by atoms with van der Waals surface area (Å²) in [4.78, 5) is 13.4. The van der Waals surface area contributed by atoms with E-state index >= 15 is 0 Å². The van der Waals surface area contributed by atoms with Crippen molar-refractivity contribution in [2.24, 2.45) is 5.92 Å². The highest BCUT2D eigenvalue weighted by molar-refractivity contribution is 5.82. The molecule has 1 unspecified atom stereocenters. The van der Waals surface area contributed by atoms with E-state index in [1.807, 2.05) is 30.9 Å². The van der Waals surface area contributed by atoms with Crippen molar-refractivity contribution in [1.82, 2.24) is 4.90 Å². The number of hydrogen-bond acceptors (Lipinski definition) is 4. The molecule has 148 valence electrons. The van der Waals surface area contributed by atoms with Gasteiger partial charge in [0.25, 0.3) is 0 Å². The van der Waals surface area contributed by atoms with Crippen LogP contribution in [-0.4, -0.2) is 37.6 Å². The van der Waals surface area contributed by atoms with Crippen LogP contribution in [0.25, 0.3) is 0 Å². The largest absolute Gasteiger partial charge is 0.385 e. The minimum Gasteiger partial charge on any atom is -0.385 e. The standard InChI is InChI=1S/C18H27NO2.C4H10O/c1-7-16-10-15(11-20)14(6)18(19(16)9-3)17(8-2)21-12-13(4)5;1-3-4-5-2/h7,9-11,13,17H,3,8,12H2,1-2,4-6H3;3-4H2,1-2H3/b16-7-;. The number of carbonyl (C=O) groups is 1. The fraction of sp³-hybridized carbons (Fsp3) is 0.591. The Kier molecular flexibility index (Phi) is 12.7. The molecular formula is C22H37NO3. The van der Waals surface area contributed by atoms with E-state index in [1.165, 1.54) is 0 Å². The summed E-state index contributed by atoms with van der Waals surface area (Å²) >= 11 is 0. The first kappa shape index (κ1) is 24.4. The van der Waals surface area contributed by atoms with Crippen molar-refractivity contribution in [3.05, 3.63) is 47.5 Å². The number of nitrogens with zero attached hydrogens (tertiary/aromatic N) is 1. The maximum Gasteiger partial charge on any atom is 0.150 e. The Bertz CT molecular complexity index is 528. The van der Waals surface area contributed by atoms with E-state index in [1.54, 1.807) is 13.3 Å². The Hall–Kier alpha value is -1.65. The van der Waals surface area contributed by atoms with Crippen molar-refractivity contribution in [3.63, 3.8) is 0 Å². The monoisotopic (exact) mass is 363 g/mol. The quantitative estimate of drug-likeness (QED) is 0.525. The molecule has 0 aromatic heterocycles. The lowest BCUT2D eigenvalue weighted by Crippen LogP contribution is -2.31. The van der Waals surface area contributed by atoms with Crippen LogP contribution < -0.4 is 0 Å². The van der Waals surface area contributed by atoms with E-state index in [2.05, 4.69) is 34.3 Å². The van der Waals surface area contributed by atoms with Crippen molar-refractivity contribution in [1.29, 1.82) is 0 Å². The lowest BCUT2D eigenvalue weighted by atomic mass is 9.96. The molecule has 0 aromatic rings. The van der Waals surface area contributed by atoms with Crippen molar-refractivity contribution in [3.8, 4) is 0 Å². The van der Waals surface area contributed by atoms with Gasteiger partial charge in [0.15, 0.2) is 0 Å². The van der Waals surface area contributed by atoms with Crippen molar-refractivity contribution < 1.29 is 14.3 Å². The van der Waals surface area contributed by atoms with Crippen LogP contribution in [0.3, 0.4) is 0 Å². The van der Waals surface area contributed by atoms with Gasteiger partial charge < -0.3 is 14.4 Å². The molecule has 0 saturated carbocycles. The summed E-state index contributed by atoms with van der Waals surface area (Å²) in [5.74, 6) is 0.475. The molecule has 0 N–H and O–H groups in total. The van der Waals surface area contributed by atoms with Crippen LogP contribution in [0.4, 0.5) is 0 Å². The smallest absolute Gasteiger partial charge is 0.150 e. The number of carbonyl (C=O) groups excluding carboxylic acids is 1. The summed E-state index contributed by atoms with van der Waals surface area (Å²) < 4.78 is 10.8. The minimum absolute atomic E-state index is 0.0380. The normalized spacial score (nSPS) is 17.0. The number of aldehydes is 1. The molecular weight excluding hydrogens is 326 g/mol. The number of methoxy groups -OCH3 is 1. The summed E-state index contributed by atoms with van der Waals surface area (Å²) in [7, 11) is 1.71. The van der Waals surface area contributed by atoms with Crippen LogP contribution in [0.1, 0.15) is 54.4 Å². The Labute approximate surface area is 160 Å². The molecule has 1 aliphatic rings. The second-order valence-electron chi connectivity index (χ2n) is 6.61. The fourth-order valence-corrected chi connectivity index (χ4v) is 2.65. The van der Waals surface area contributed by atoms with E-state index in [9.17, 15) is 4.79 Å². The predicted molar refractivity (Wildman–Crippen MR) is 110 cm³/mol. The van der Waals surface area contributed by atoms with Gasteiger partial charge in [0.05, 0.1) is 11.8 Å². The van der Waals surface area contributed by atoms with E-state index in [0.29, 0.717) is 18.1 Å². The van der Waals surface area contributed by atoms with Gasteiger partial charge in [0.1, 0.15) is 6.29 Å². The average molecular weight is 364 g/mol. The third kappa shape index (κ3) is 7.30. The topological polar surface area (TPSA) is 38.8 Å². The van der Waals surface area contributed by atoms with Crippen LogP contribution in [0.2, 0.25) is 0 Å². The van der Waals surface area contributed by atoms with Gasteiger partial charge in [-0.1, -0.05) is 40.3 Å². The van der Waals surface area contributed by atoms with Gasteiger partial charge >= 0.3 is 0 Å². The van der Waals surface area contributed by atoms with Crippen molar-refractivity contribution >= 4 is 6.29 Å². The van der Waals surface area contributed by atoms with Crippen LogP contribution in [-0.2, 0) is 14.3 Å². The van der Waals surface area contributed by atoms with Gasteiger partial charge in [0, 0.05) is 37.8 Å². The van der Waals surface area contributed by atoms with E-state index in [0.717, 1.165) is 42.7 Å². The average Bonchev–Trinajstić information content (AvgIpc) is 2.63. The first-order chi connectivity index (χ1) is 12.4. The molecule has 0 amide bonds. The lowest BCUT2D eigenvalue weighted by molar-refractivity contribution is -0.104. The molecule has 0 aliphatic carbocycles. The Morgan fingerprint density at radius 3 is 2.31 bits per heavy atom. The Morgan fingerprint density at radius 1 is 1.31 bits per heavy atom. The van der Waals surface area contributed by atoms with Gasteiger partial charge in [-0.3, -0.25) is 4.79 Å². The van der Waals surface area contributed by atoms with E-state index in [4.69, 9.17) is 9.47 Å². The number of hydrogen-bond donors (Lipinski definition) is 0. The summed E-state index contributed by atoms with van der Waals surface area (Å²) in [6.07, 6.45) is 8.50. The number of allylic oxidation sites excluding steroid dienone is 4. The Balaban J connectivity index is 0.00000110. The predicted octanol–water partition coefficient (Wildman–Crippen LogP) is 5.24. The van der Waals surface area contributed by atoms with Crippen LogP contribution in [0, 0.1) is 5.92 Å². The summed E-state index contributed by atoms with van der Waals surface area (Å²) in [6.45, 7) is 17.9. The van der Waals surface area contributed by atoms with Gasteiger partial charge in [-0.05, 0) is 44.3 Å². The molecule has 1 atom stereocenters. The molecule has 0 spiro atoms. The number of rotatable bonds is 9. The second-order valence-corrected chi connectivity index (χ2v) is 6.61. The zero-order valence-corrected chi connectivity index (χ0v) is 17.7. The molecule has 4 nitrogen and oxygen atoms in total. The maximum absolute atomic E-state index is 11.3. The highest BCUT2D eigenvalue weighted by atomic mass is 16.5. The van der Waals surface area contributed by atoms with Gasteiger partial charge in [-0.25, -0.2) is 0 Å². The SMILES string of the molecule is C=CN1C(C(CC)OCC(C)C)=C(C)C(C=O)=C/C1=C/C.CCCOC. The zero-order chi connectivity index (χ0) is 20.1. The van der Waals surface area contributed by atoms with Crippen LogP contribution in [0.15, 0.2) is 47.5 Å². The van der Waals surface area contributed by atoms with Crippen LogP contribution >= 0.6 is 0 Å². The van der Waals surface area contributed by atoms with Gasteiger partial charge in [-0.2, -0.15) is 0 Å². The molecule has 0 bridgehead atoms. The zero-order valence-electron chi connectivity index (χ0n) is 17.7. The summed E-state index contributed by atoms with van der Waals surface area (Å²) in [5, 5.41) is 0. The Morgan fingerprint density at radius 2 is 1.96 bits per heavy atom. The molecule has 1 heterocycles. The maximum atomic E-state index is 11.3. The highest BCUT2D eigenvalue weighted by Gasteiger charge is 2.27. The number of ether oxygens (including phenoxy) is 2. The third-order valence-electron chi connectivity index (χ3n) is 3.98. The summed E-state index contributed by atoms with van der Waals surface area (Å²) in [6, 6.07) is 0. The first-order valence-corrected chi connectivity index (χ1v) is 9.48. The molecule has 26 heavy (non-hydrogen) atoms.